The molecule has 33 heavy (non-hydrogen) atoms. The molecule has 2 aromatic carbocycles. The first-order valence-corrected chi connectivity index (χ1v) is 11.0. The molecule has 0 radical (unpaired) electrons. The van der Waals surface area contributed by atoms with Crippen molar-refractivity contribution in [2.45, 2.75) is 36.8 Å². The van der Waals surface area contributed by atoms with Crippen LogP contribution in [-0.4, -0.2) is 66.9 Å². The van der Waals surface area contributed by atoms with Gasteiger partial charge in [-0.1, -0.05) is 48.5 Å². The monoisotopic (exact) mass is 452 g/mol. The number of carboxylic acids is 1. The van der Waals surface area contributed by atoms with Gasteiger partial charge in [0.2, 0.25) is 0 Å². The number of rotatable bonds is 8. The number of amides is 2. The van der Waals surface area contributed by atoms with Gasteiger partial charge in [0.05, 0.1) is 6.54 Å². The fourth-order valence-electron chi connectivity index (χ4n) is 4.73. The first-order valence-electron chi connectivity index (χ1n) is 11.0. The highest BCUT2D eigenvalue weighted by Crippen LogP contribution is 2.44. The molecular formula is C25H28N2O6. The van der Waals surface area contributed by atoms with Crippen molar-refractivity contribution in [3.05, 3.63) is 59.7 Å². The first-order chi connectivity index (χ1) is 15.9. The van der Waals surface area contributed by atoms with Crippen molar-refractivity contribution in [1.29, 1.82) is 0 Å². The number of nitrogens with zero attached hydrogens (tertiary/aromatic N) is 1. The molecule has 0 aliphatic heterocycles. The average molecular weight is 453 g/mol. The summed E-state index contributed by atoms with van der Waals surface area (Å²) in [6.45, 7) is 0.0412. The third-order valence-corrected chi connectivity index (χ3v) is 6.89. The molecule has 2 N–H and O–H groups in total. The van der Waals surface area contributed by atoms with E-state index in [4.69, 9.17) is 9.47 Å². The molecule has 1 atom stereocenters. The zero-order valence-corrected chi connectivity index (χ0v) is 18.7. The van der Waals surface area contributed by atoms with E-state index in [9.17, 15) is 19.5 Å². The van der Waals surface area contributed by atoms with Gasteiger partial charge in [0.15, 0.2) is 6.10 Å². The van der Waals surface area contributed by atoms with Crippen LogP contribution >= 0.6 is 0 Å². The number of alkyl carbamates (subject to hydrolysis) is 1. The second-order valence-electron chi connectivity index (χ2n) is 8.52. The second-order valence-corrected chi connectivity index (χ2v) is 8.52. The number of hydrogen-bond donors (Lipinski definition) is 2. The maximum atomic E-state index is 12.8. The highest BCUT2D eigenvalue weighted by Gasteiger charge is 2.50. The fourth-order valence-corrected chi connectivity index (χ4v) is 4.73. The molecule has 4 rings (SSSR count). The van der Waals surface area contributed by atoms with Gasteiger partial charge in [-0.2, -0.15) is 0 Å². The molecular weight excluding hydrogens is 424 g/mol. The summed E-state index contributed by atoms with van der Waals surface area (Å²) in [5, 5.41) is 12.1. The van der Waals surface area contributed by atoms with Gasteiger partial charge in [-0.15, -0.1) is 0 Å². The van der Waals surface area contributed by atoms with Gasteiger partial charge in [0, 0.05) is 20.1 Å². The summed E-state index contributed by atoms with van der Waals surface area (Å²) in [6, 6.07) is 16.1. The predicted octanol–water partition coefficient (Wildman–Crippen LogP) is 3.01. The van der Waals surface area contributed by atoms with Crippen LogP contribution in [0.25, 0.3) is 11.1 Å². The normalized spacial score (nSPS) is 16.7. The summed E-state index contributed by atoms with van der Waals surface area (Å²) in [6.07, 6.45) is -0.112. The molecule has 0 heterocycles. The standard InChI is InChI=1S/C25H28N2O6/c1-27(25(23(29)30)12-7-13-25)22(28)21(32-2)14-26-24(31)33-15-20-18-10-5-3-8-16(18)17-9-4-6-11-19(17)20/h3-6,8-11,20-21H,7,12-15H2,1-2H3,(H,26,31)(H,29,30). The molecule has 1 unspecified atom stereocenters. The van der Waals surface area contributed by atoms with Crippen LogP contribution < -0.4 is 5.32 Å². The van der Waals surface area contributed by atoms with Crippen LogP contribution in [0.2, 0.25) is 0 Å². The molecule has 2 aliphatic rings. The lowest BCUT2D eigenvalue weighted by Gasteiger charge is -2.45. The van der Waals surface area contributed by atoms with Crippen molar-refractivity contribution < 1.29 is 29.0 Å². The molecule has 2 amide bonds. The van der Waals surface area contributed by atoms with Crippen molar-refractivity contribution in [2.75, 3.05) is 27.3 Å². The number of ether oxygens (including phenoxy) is 2. The second kappa shape index (κ2) is 9.23. The fraction of sp³-hybridized carbons (Fsp3) is 0.400. The highest BCUT2D eigenvalue weighted by atomic mass is 16.5. The Balaban J connectivity index is 1.35. The van der Waals surface area contributed by atoms with Crippen LogP contribution in [-0.2, 0) is 19.1 Å². The Kier molecular flexibility index (Phi) is 6.37. The highest BCUT2D eigenvalue weighted by molar-refractivity contribution is 5.90. The topological polar surface area (TPSA) is 105 Å². The zero-order valence-electron chi connectivity index (χ0n) is 18.7. The van der Waals surface area contributed by atoms with Gasteiger partial charge in [0.1, 0.15) is 12.1 Å². The van der Waals surface area contributed by atoms with Crippen molar-refractivity contribution >= 4 is 18.0 Å². The third-order valence-electron chi connectivity index (χ3n) is 6.89. The Bertz CT molecular complexity index is 1020. The van der Waals surface area contributed by atoms with E-state index >= 15 is 0 Å². The average Bonchev–Trinajstić information content (AvgIpc) is 3.10. The largest absolute Gasteiger partial charge is 0.479 e. The quantitative estimate of drug-likeness (QED) is 0.638. The number of aliphatic carboxylic acids is 1. The molecule has 0 saturated heterocycles. The van der Waals surface area contributed by atoms with E-state index in [1.54, 1.807) is 0 Å². The van der Waals surface area contributed by atoms with E-state index in [0.29, 0.717) is 12.8 Å². The summed E-state index contributed by atoms with van der Waals surface area (Å²) >= 11 is 0. The van der Waals surface area contributed by atoms with E-state index in [1.165, 1.54) is 19.1 Å². The van der Waals surface area contributed by atoms with Crippen LogP contribution in [0.5, 0.6) is 0 Å². The van der Waals surface area contributed by atoms with Crippen molar-refractivity contribution in [3.63, 3.8) is 0 Å². The lowest BCUT2D eigenvalue weighted by atomic mass is 9.75. The Labute approximate surface area is 192 Å². The van der Waals surface area contributed by atoms with Crippen LogP contribution in [0.3, 0.4) is 0 Å². The van der Waals surface area contributed by atoms with E-state index < -0.39 is 29.6 Å². The Morgan fingerprint density at radius 1 is 1.09 bits per heavy atom. The minimum absolute atomic E-state index is 0.0665. The van der Waals surface area contributed by atoms with Crippen LogP contribution in [0.1, 0.15) is 36.3 Å². The zero-order chi connectivity index (χ0) is 23.6. The number of likely N-dealkylation sites (N-methyl/N-ethyl adjacent to an activating group) is 1. The van der Waals surface area contributed by atoms with Crippen molar-refractivity contribution in [3.8, 4) is 11.1 Å². The number of hydrogen-bond acceptors (Lipinski definition) is 5. The SMILES string of the molecule is COC(CNC(=O)OCC1c2ccccc2-c2ccccc21)C(=O)N(C)C1(C(=O)O)CCC1. The van der Waals surface area contributed by atoms with E-state index in [1.807, 2.05) is 36.4 Å². The number of carbonyl (C=O) groups excluding carboxylic acids is 2. The van der Waals surface area contributed by atoms with E-state index in [-0.39, 0.29) is 19.1 Å². The maximum Gasteiger partial charge on any atom is 0.407 e. The van der Waals surface area contributed by atoms with E-state index in [0.717, 1.165) is 28.7 Å². The van der Waals surface area contributed by atoms with Gasteiger partial charge < -0.3 is 24.8 Å². The number of benzene rings is 2. The number of methoxy groups -OCH3 is 1. The summed E-state index contributed by atoms with van der Waals surface area (Å²) in [7, 11) is 2.82. The smallest absolute Gasteiger partial charge is 0.407 e. The molecule has 2 aromatic rings. The summed E-state index contributed by atoms with van der Waals surface area (Å²) < 4.78 is 10.7. The molecule has 8 nitrogen and oxygen atoms in total. The van der Waals surface area contributed by atoms with Gasteiger partial charge in [0.25, 0.3) is 5.91 Å². The Morgan fingerprint density at radius 2 is 1.67 bits per heavy atom. The number of carbonyl (C=O) groups is 3. The van der Waals surface area contributed by atoms with Gasteiger partial charge in [-0.05, 0) is 41.5 Å². The number of carboxylic acid groups (broad SMARTS) is 1. The lowest BCUT2D eigenvalue weighted by Crippen LogP contribution is -2.62. The Hall–Kier alpha value is -3.39. The Morgan fingerprint density at radius 3 is 2.15 bits per heavy atom. The van der Waals surface area contributed by atoms with Gasteiger partial charge >= 0.3 is 12.1 Å². The number of nitrogens with one attached hydrogen (secondary N) is 1. The minimum atomic E-state index is -1.20. The summed E-state index contributed by atoms with van der Waals surface area (Å²) in [4.78, 5) is 38.1. The number of fused-ring (bicyclic) bond motifs is 3. The summed E-state index contributed by atoms with van der Waals surface area (Å²) in [5.41, 5.74) is 3.30. The van der Waals surface area contributed by atoms with Crippen molar-refractivity contribution in [1.82, 2.24) is 10.2 Å². The van der Waals surface area contributed by atoms with E-state index in [2.05, 4.69) is 17.4 Å². The van der Waals surface area contributed by atoms with Crippen molar-refractivity contribution in [2.24, 2.45) is 0 Å². The maximum absolute atomic E-state index is 12.8. The molecule has 1 fully saturated rings. The molecule has 0 spiro atoms. The predicted molar refractivity (Wildman–Crippen MR) is 121 cm³/mol. The third kappa shape index (κ3) is 4.06. The lowest BCUT2D eigenvalue weighted by molar-refractivity contribution is -0.168. The molecule has 1 saturated carbocycles. The summed E-state index contributed by atoms with van der Waals surface area (Å²) in [5.74, 6) is -1.58. The van der Waals surface area contributed by atoms with Crippen LogP contribution in [0.4, 0.5) is 4.79 Å². The molecule has 0 bridgehead atoms. The van der Waals surface area contributed by atoms with Crippen LogP contribution in [0.15, 0.2) is 48.5 Å². The molecule has 2 aliphatic carbocycles. The first kappa shape index (κ1) is 22.8. The minimum Gasteiger partial charge on any atom is -0.479 e. The molecule has 0 aromatic heterocycles. The van der Waals surface area contributed by atoms with Gasteiger partial charge in [-0.3, -0.25) is 4.79 Å². The molecule has 8 heteroatoms. The van der Waals surface area contributed by atoms with Crippen LogP contribution in [0, 0.1) is 0 Å². The molecule has 174 valence electrons. The van der Waals surface area contributed by atoms with Gasteiger partial charge in [-0.25, -0.2) is 9.59 Å².